The van der Waals surface area contributed by atoms with Gasteiger partial charge in [-0.3, -0.25) is 4.79 Å². The number of ether oxygens (including phenoxy) is 2. The summed E-state index contributed by atoms with van der Waals surface area (Å²) in [6.45, 7) is -0.535. The number of esters is 1. The van der Waals surface area contributed by atoms with Crippen molar-refractivity contribution in [2.24, 2.45) is 0 Å². The first-order chi connectivity index (χ1) is 11.5. The van der Waals surface area contributed by atoms with Gasteiger partial charge in [0.1, 0.15) is 5.75 Å². The number of rotatable bonds is 6. The van der Waals surface area contributed by atoms with E-state index in [1.807, 2.05) is 0 Å². The Morgan fingerprint density at radius 1 is 1.17 bits per heavy atom. The highest BCUT2D eigenvalue weighted by atomic mass is 35.5. The summed E-state index contributed by atoms with van der Waals surface area (Å²) < 4.78 is 9.96. The van der Waals surface area contributed by atoms with Crippen LogP contribution in [0.25, 0.3) is 0 Å². The number of halogens is 1. The number of benzene rings is 2. The molecule has 24 heavy (non-hydrogen) atoms. The van der Waals surface area contributed by atoms with Crippen molar-refractivity contribution in [3.8, 4) is 5.75 Å². The third-order valence-corrected chi connectivity index (χ3v) is 3.44. The fourth-order valence-corrected chi connectivity index (χ4v) is 2.16. The maximum Gasteiger partial charge on any atom is 0.338 e. The summed E-state index contributed by atoms with van der Waals surface area (Å²) in [5.41, 5.74) is 1.45. The molecule has 0 atom stereocenters. The van der Waals surface area contributed by atoms with Crippen LogP contribution in [-0.2, 0) is 16.1 Å². The summed E-state index contributed by atoms with van der Waals surface area (Å²) in [5, 5.41) is 11.9. The summed E-state index contributed by atoms with van der Waals surface area (Å²) in [7, 11) is 1.49. The van der Waals surface area contributed by atoms with Gasteiger partial charge in [-0.05, 0) is 35.9 Å². The molecule has 0 aliphatic heterocycles. The highest BCUT2D eigenvalue weighted by molar-refractivity contribution is 6.32. The van der Waals surface area contributed by atoms with E-state index in [1.165, 1.54) is 25.3 Å². The van der Waals surface area contributed by atoms with Crippen LogP contribution >= 0.6 is 11.6 Å². The van der Waals surface area contributed by atoms with Gasteiger partial charge in [-0.2, -0.15) is 0 Å². The first-order valence-corrected chi connectivity index (χ1v) is 7.41. The van der Waals surface area contributed by atoms with E-state index in [9.17, 15) is 9.59 Å². The molecule has 6 nitrogen and oxygen atoms in total. The fourth-order valence-electron chi connectivity index (χ4n) is 1.90. The van der Waals surface area contributed by atoms with Gasteiger partial charge in [0.15, 0.2) is 6.61 Å². The number of hydrogen-bond donors (Lipinski definition) is 2. The van der Waals surface area contributed by atoms with Crippen LogP contribution in [0.1, 0.15) is 15.9 Å². The molecule has 126 valence electrons. The quantitative estimate of drug-likeness (QED) is 0.783. The van der Waals surface area contributed by atoms with E-state index in [4.69, 9.17) is 26.2 Å². The molecule has 0 bridgehead atoms. The van der Waals surface area contributed by atoms with Crippen LogP contribution in [0.4, 0.5) is 5.69 Å². The third-order valence-electron chi connectivity index (χ3n) is 3.14. The minimum Gasteiger partial charge on any atom is -0.495 e. The number of amides is 1. The van der Waals surface area contributed by atoms with E-state index < -0.39 is 18.5 Å². The van der Waals surface area contributed by atoms with Crippen LogP contribution in [0.5, 0.6) is 5.75 Å². The van der Waals surface area contributed by atoms with E-state index in [0.29, 0.717) is 27.6 Å². The first-order valence-electron chi connectivity index (χ1n) is 7.04. The summed E-state index contributed by atoms with van der Waals surface area (Å²) in [4.78, 5) is 23.7. The Bertz CT molecular complexity index is 730. The van der Waals surface area contributed by atoms with Gasteiger partial charge in [-0.1, -0.05) is 23.7 Å². The molecule has 0 unspecified atom stereocenters. The Morgan fingerprint density at radius 3 is 2.46 bits per heavy atom. The zero-order chi connectivity index (χ0) is 17.5. The van der Waals surface area contributed by atoms with E-state index in [0.717, 1.165) is 0 Å². The van der Waals surface area contributed by atoms with Gasteiger partial charge in [0.05, 0.1) is 24.3 Å². The molecule has 2 rings (SSSR count). The van der Waals surface area contributed by atoms with Crippen molar-refractivity contribution >= 4 is 29.2 Å². The van der Waals surface area contributed by atoms with Gasteiger partial charge in [0.2, 0.25) is 0 Å². The maximum absolute atomic E-state index is 11.8. The molecule has 7 heteroatoms. The van der Waals surface area contributed by atoms with Crippen LogP contribution < -0.4 is 10.1 Å². The number of aliphatic hydroxyl groups is 1. The van der Waals surface area contributed by atoms with Crippen molar-refractivity contribution in [3.63, 3.8) is 0 Å². The lowest BCUT2D eigenvalue weighted by Gasteiger charge is -2.09. The van der Waals surface area contributed by atoms with Crippen molar-refractivity contribution in [2.75, 3.05) is 19.0 Å². The molecule has 0 aromatic heterocycles. The molecule has 0 aliphatic rings. The van der Waals surface area contributed by atoms with Crippen molar-refractivity contribution in [2.45, 2.75) is 6.61 Å². The van der Waals surface area contributed by atoms with Crippen LogP contribution in [0.15, 0.2) is 42.5 Å². The number of methoxy groups -OCH3 is 1. The first kappa shape index (κ1) is 17.8. The second kappa shape index (κ2) is 8.33. The van der Waals surface area contributed by atoms with E-state index in [1.54, 1.807) is 24.3 Å². The molecule has 1 amide bonds. The van der Waals surface area contributed by atoms with Crippen LogP contribution in [0, 0.1) is 0 Å². The average molecular weight is 350 g/mol. The molecule has 0 saturated carbocycles. The van der Waals surface area contributed by atoms with Crippen LogP contribution in [0.2, 0.25) is 5.02 Å². The second-order valence-corrected chi connectivity index (χ2v) is 5.24. The monoisotopic (exact) mass is 349 g/mol. The Morgan fingerprint density at radius 2 is 1.88 bits per heavy atom. The summed E-state index contributed by atoms with van der Waals surface area (Å²) in [5.74, 6) is -0.619. The van der Waals surface area contributed by atoms with Crippen molar-refractivity contribution in [1.29, 1.82) is 0 Å². The summed E-state index contributed by atoms with van der Waals surface area (Å²) in [6.07, 6.45) is 0. The number of carbonyl (C=O) groups excluding carboxylic acids is 2. The normalized spacial score (nSPS) is 10.1. The van der Waals surface area contributed by atoms with Crippen molar-refractivity contribution in [1.82, 2.24) is 0 Å². The number of anilines is 1. The molecule has 0 spiro atoms. The number of nitrogens with one attached hydrogen (secondary N) is 1. The largest absolute Gasteiger partial charge is 0.495 e. The Balaban J connectivity index is 1.88. The fraction of sp³-hybridized carbons (Fsp3) is 0.176. The predicted octanol–water partition coefficient (Wildman–Crippen LogP) is 2.64. The van der Waals surface area contributed by atoms with Gasteiger partial charge < -0.3 is 19.9 Å². The molecule has 0 aliphatic carbocycles. The molecule has 2 N–H and O–H groups in total. The van der Waals surface area contributed by atoms with Crippen LogP contribution in [0.3, 0.4) is 0 Å². The average Bonchev–Trinajstić information content (AvgIpc) is 2.60. The van der Waals surface area contributed by atoms with Gasteiger partial charge in [0, 0.05) is 5.69 Å². The van der Waals surface area contributed by atoms with Gasteiger partial charge in [-0.25, -0.2) is 4.79 Å². The molecular weight excluding hydrogens is 334 g/mol. The Labute approximate surface area is 144 Å². The lowest BCUT2D eigenvalue weighted by atomic mass is 10.1. The minimum absolute atomic E-state index is 0.109. The van der Waals surface area contributed by atoms with E-state index in [-0.39, 0.29) is 6.61 Å². The molecule has 0 fully saturated rings. The molecule has 2 aromatic carbocycles. The van der Waals surface area contributed by atoms with Gasteiger partial charge in [-0.15, -0.1) is 0 Å². The highest BCUT2D eigenvalue weighted by Crippen LogP contribution is 2.27. The van der Waals surface area contributed by atoms with E-state index >= 15 is 0 Å². The molecule has 2 aromatic rings. The van der Waals surface area contributed by atoms with Crippen molar-refractivity contribution in [3.05, 3.63) is 58.6 Å². The number of aliphatic hydroxyl groups excluding tert-OH is 1. The van der Waals surface area contributed by atoms with Crippen molar-refractivity contribution < 1.29 is 24.2 Å². The standard InChI is InChI=1S/C17H16ClNO5/c1-23-15-7-6-13(8-14(15)18)19-16(21)10-24-17(22)12-4-2-11(9-20)3-5-12/h2-8,20H,9-10H2,1H3,(H,19,21). The van der Waals surface area contributed by atoms with Crippen LogP contribution in [-0.4, -0.2) is 30.7 Å². The SMILES string of the molecule is COc1ccc(NC(=O)COC(=O)c2ccc(CO)cc2)cc1Cl. The second-order valence-electron chi connectivity index (χ2n) is 4.83. The minimum atomic E-state index is -0.623. The molecule has 0 heterocycles. The summed E-state index contributed by atoms with van der Waals surface area (Å²) in [6, 6.07) is 11.0. The van der Waals surface area contributed by atoms with E-state index in [2.05, 4.69) is 5.32 Å². The predicted molar refractivity (Wildman–Crippen MR) is 89.3 cm³/mol. The number of hydrogen-bond acceptors (Lipinski definition) is 5. The highest BCUT2D eigenvalue weighted by Gasteiger charge is 2.11. The zero-order valence-corrected chi connectivity index (χ0v) is 13.7. The third kappa shape index (κ3) is 4.71. The molecule has 0 radical (unpaired) electrons. The Hall–Kier alpha value is -2.57. The molecular formula is C17H16ClNO5. The lowest BCUT2D eigenvalue weighted by molar-refractivity contribution is -0.119. The zero-order valence-electron chi connectivity index (χ0n) is 12.9. The molecule has 0 saturated heterocycles. The Kier molecular flexibility index (Phi) is 6.17. The topological polar surface area (TPSA) is 84.9 Å². The summed E-state index contributed by atoms with van der Waals surface area (Å²) >= 11 is 5.97. The van der Waals surface area contributed by atoms with Gasteiger partial charge in [0.25, 0.3) is 5.91 Å². The maximum atomic E-state index is 11.8. The lowest BCUT2D eigenvalue weighted by Crippen LogP contribution is -2.20. The smallest absolute Gasteiger partial charge is 0.338 e. The number of carbonyl (C=O) groups is 2. The van der Waals surface area contributed by atoms with Gasteiger partial charge >= 0.3 is 5.97 Å².